The average Bonchev–Trinajstić information content (AvgIpc) is 2.14. The van der Waals surface area contributed by atoms with E-state index >= 15 is 0 Å². The highest BCUT2D eigenvalue weighted by Crippen LogP contribution is 2.08. The highest BCUT2D eigenvalue weighted by atomic mass is 16.3. The Balaban J connectivity index is 2.84. The molecule has 0 aliphatic heterocycles. The molecule has 0 amide bonds. The van der Waals surface area contributed by atoms with Crippen LogP contribution in [0.4, 0.5) is 5.88 Å². The number of hydrogen-bond donors (Lipinski definition) is 1. The maximum atomic E-state index is 5.29. The zero-order valence-corrected chi connectivity index (χ0v) is 4.85. The third kappa shape index (κ3) is 0.832. The van der Waals surface area contributed by atoms with Gasteiger partial charge in [0.15, 0.2) is 5.88 Å². The number of furan rings is 1. The summed E-state index contributed by atoms with van der Waals surface area (Å²) in [4.78, 5) is 0. The van der Waals surface area contributed by atoms with Gasteiger partial charge in [-0.05, 0) is 12.0 Å². The van der Waals surface area contributed by atoms with E-state index < -0.39 is 0 Å². The van der Waals surface area contributed by atoms with Crippen LogP contribution < -0.4 is 5.73 Å². The van der Waals surface area contributed by atoms with Crippen LogP contribution in [-0.4, -0.2) is 0 Å². The lowest BCUT2D eigenvalue weighted by atomic mass is 10.3. The third-order valence-electron chi connectivity index (χ3n) is 1.08. The molecule has 0 aliphatic carbocycles. The first kappa shape index (κ1) is 5.22. The van der Waals surface area contributed by atoms with Crippen molar-refractivity contribution in [1.82, 2.24) is 0 Å². The Hall–Kier alpha value is -0.920. The van der Waals surface area contributed by atoms with E-state index in [4.69, 9.17) is 10.2 Å². The molecule has 8 heavy (non-hydrogen) atoms. The Kier molecular flexibility index (Phi) is 1.24. The molecule has 0 radical (unpaired) electrons. The fourth-order valence-electron chi connectivity index (χ4n) is 0.580. The SMILES string of the molecule is CCc1coc(N)c1. The van der Waals surface area contributed by atoms with E-state index in [0.717, 1.165) is 12.0 Å². The van der Waals surface area contributed by atoms with Gasteiger partial charge in [-0.25, -0.2) is 0 Å². The van der Waals surface area contributed by atoms with E-state index in [1.165, 1.54) is 0 Å². The van der Waals surface area contributed by atoms with Crippen molar-refractivity contribution in [2.24, 2.45) is 0 Å². The first-order valence-corrected chi connectivity index (χ1v) is 2.66. The maximum absolute atomic E-state index is 5.29. The molecule has 44 valence electrons. The monoisotopic (exact) mass is 111 g/mol. The Morgan fingerprint density at radius 2 is 2.50 bits per heavy atom. The molecule has 2 N–H and O–H groups in total. The highest BCUT2D eigenvalue weighted by molar-refractivity contribution is 5.28. The molecular weight excluding hydrogens is 102 g/mol. The van der Waals surface area contributed by atoms with Gasteiger partial charge in [-0.3, -0.25) is 0 Å². The van der Waals surface area contributed by atoms with E-state index in [1.54, 1.807) is 6.26 Å². The van der Waals surface area contributed by atoms with Crippen LogP contribution in [0.2, 0.25) is 0 Å². The summed E-state index contributed by atoms with van der Waals surface area (Å²) in [5.74, 6) is 0.502. The predicted octanol–water partition coefficient (Wildman–Crippen LogP) is 1.42. The third-order valence-corrected chi connectivity index (χ3v) is 1.08. The van der Waals surface area contributed by atoms with E-state index in [2.05, 4.69) is 6.92 Å². The van der Waals surface area contributed by atoms with E-state index in [-0.39, 0.29) is 0 Å². The molecule has 0 bridgehead atoms. The second-order valence-corrected chi connectivity index (χ2v) is 1.71. The summed E-state index contributed by atoms with van der Waals surface area (Å²) in [6.07, 6.45) is 2.66. The van der Waals surface area contributed by atoms with Gasteiger partial charge in [-0.2, -0.15) is 0 Å². The molecule has 0 atom stereocenters. The summed E-state index contributed by atoms with van der Waals surface area (Å²) < 4.78 is 4.83. The normalized spacial score (nSPS) is 9.62. The lowest BCUT2D eigenvalue weighted by Gasteiger charge is -1.77. The fourth-order valence-corrected chi connectivity index (χ4v) is 0.580. The zero-order chi connectivity index (χ0) is 5.98. The molecule has 0 unspecified atom stereocenters. The number of rotatable bonds is 1. The van der Waals surface area contributed by atoms with Crippen LogP contribution >= 0.6 is 0 Å². The van der Waals surface area contributed by atoms with Gasteiger partial charge >= 0.3 is 0 Å². The number of anilines is 1. The zero-order valence-electron chi connectivity index (χ0n) is 4.85. The molecule has 2 heteroatoms. The van der Waals surface area contributed by atoms with Crippen LogP contribution in [0.5, 0.6) is 0 Å². The second kappa shape index (κ2) is 1.90. The number of aryl methyl sites for hydroxylation is 1. The number of nitrogens with two attached hydrogens (primary N) is 1. The van der Waals surface area contributed by atoms with Crippen LogP contribution in [0.1, 0.15) is 12.5 Å². The number of hydrogen-bond acceptors (Lipinski definition) is 2. The number of nitrogen functional groups attached to an aromatic ring is 1. The van der Waals surface area contributed by atoms with Gasteiger partial charge < -0.3 is 10.2 Å². The minimum atomic E-state index is 0.502. The van der Waals surface area contributed by atoms with Crippen molar-refractivity contribution in [2.75, 3.05) is 5.73 Å². The van der Waals surface area contributed by atoms with Crippen LogP contribution in [0.15, 0.2) is 16.7 Å². The van der Waals surface area contributed by atoms with Gasteiger partial charge in [0.1, 0.15) is 0 Å². The average molecular weight is 111 g/mol. The van der Waals surface area contributed by atoms with Crippen LogP contribution in [0, 0.1) is 0 Å². The van der Waals surface area contributed by atoms with Crippen molar-refractivity contribution in [1.29, 1.82) is 0 Å². The molecular formula is C6H9NO. The van der Waals surface area contributed by atoms with Gasteiger partial charge in [-0.15, -0.1) is 0 Å². The smallest absolute Gasteiger partial charge is 0.190 e. The van der Waals surface area contributed by atoms with Gasteiger partial charge in [0, 0.05) is 6.07 Å². The van der Waals surface area contributed by atoms with Crippen molar-refractivity contribution < 1.29 is 4.42 Å². The first-order chi connectivity index (χ1) is 3.83. The molecule has 0 spiro atoms. The van der Waals surface area contributed by atoms with Gasteiger partial charge in [0.05, 0.1) is 6.26 Å². The molecule has 1 rings (SSSR count). The topological polar surface area (TPSA) is 39.2 Å². The Labute approximate surface area is 48.3 Å². The summed E-state index contributed by atoms with van der Waals surface area (Å²) in [6, 6.07) is 1.83. The minimum absolute atomic E-state index is 0.502. The van der Waals surface area contributed by atoms with Crippen molar-refractivity contribution in [3.8, 4) is 0 Å². The van der Waals surface area contributed by atoms with Gasteiger partial charge in [0.2, 0.25) is 0 Å². The predicted molar refractivity (Wildman–Crippen MR) is 32.5 cm³/mol. The molecule has 0 aliphatic rings. The van der Waals surface area contributed by atoms with Crippen molar-refractivity contribution >= 4 is 5.88 Å². The summed E-state index contributed by atoms with van der Waals surface area (Å²) >= 11 is 0. The molecule has 0 aromatic carbocycles. The van der Waals surface area contributed by atoms with Crippen molar-refractivity contribution in [3.05, 3.63) is 17.9 Å². The van der Waals surface area contributed by atoms with Crippen molar-refractivity contribution in [2.45, 2.75) is 13.3 Å². The van der Waals surface area contributed by atoms with Gasteiger partial charge in [-0.1, -0.05) is 6.92 Å². The van der Waals surface area contributed by atoms with E-state index in [1.807, 2.05) is 6.07 Å². The summed E-state index contributed by atoms with van der Waals surface area (Å²) in [5, 5.41) is 0. The fraction of sp³-hybridized carbons (Fsp3) is 0.333. The Morgan fingerprint density at radius 3 is 2.75 bits per heavy atom. The molecule has 1 heterocycles. The van der Waals surface area contributed by atoms with Crippen LogP contribution in [-0.2, 0) is 6.42 Å². The Bertz CT molecular complexity index is 169. The lowest BCUT2D eigenvalue weighted by molar-refractivity contribution is 0.584. The first-order valence-electron chi connectivity index (χ1n) is 2.66. The molecule has 0 saturated heterocycles. The molecule has 1 aromatic heterocycles. The van der Waals surface area contributed by atoms with Gasteiger partial charge in [0.25, 0.3) is 0 Å². The molecule has 0 saturated carbocycles. The largest absolute Gasteiger partial charge is 0.449 e. The van der Waals surface area contributed by atoms with Crippen LogP contribution in [0.25, 0.3) is 0 Å². The summed E-state index contributed by atoms with van der Waals surface area (Å²) in [7, 11) is 0. The molecule has 2 nitrogen and oxygen atoms in total. The highest BCUT2D eigenvalue weighted by Gasteiger charge is 1.91. The Morgan fingerprint density at radius 1 is 1.75 bits per heavy atom. The maximum Gasteiger partial charge on any atom is 0.190 e. The summed E-state index contributed by atoms with van der Waals surface area (Å²) in [6.45, 7) is 2.06. The summed E-state index contributed by atoms with van der Waals surface area (Å²) in [5.41, 5.74) is 6.44. The minimum Gasteiger partial charge on any atom is -0.449 e. The lowest BCUT2D eigenvalue weighted by Crippen LogP contribution is -1.76. The standard InChI is InChI=1S/C6H9NO/c1-2-5-3-6(7)8-4-5/h3-4H,2,7H2,1H3. The molecule has 1 aromatic rings. The quantitative estimate of drug-likeness (QED) is 0.595. The second-order valence-electron chi connectivity index (χ2n) is 1.71. The van der Waals surface area contributed by atoms with E-state index in [9.17, 15) is 0 Å². The van der Waals surface area contributed by atoms with Crippen molar-refractivity contribution in [3.63, 3.8) is 0 Å². The molecule has 0 fully saturated rings. The van der Waals surface area contributed by atoms with Crippen LogP contribution in [0.3, 0.4) is 0 Å². The van der Waals surface area contributed by atoms with E-state index in [0.29, 0.717) is 5.88 Å².